The van der Waals surface area contributed by atoms with Crippen LogP contribution in [-0.4, -0.2) is 67.8 Å². The molecule has 2 atom stereocenters. The number of ether oxygens (including phenoxy) is 1. The molecule has 0 aromatic carbocycles. The van der Waals surface area contributed by atoms with Crippen molar-refractivity contribution in [3.8, 4) is 0 Å². The summed E-state index contributed by atoms with van der Waals surface area (Å²) in [5, 5.41) is 4.44. The highest BCUT2D eigenvalue weighted by atomic mass is 16.5. The lowest BCUT2D eigenvalue weighted by Gasteiger charge is -2.37. The molecule has 3 heterocycles. The van der Waals surface area contributed by atoms with Crippen LogP contribution in [0.5, 0.6) is 0 Å². The van der Waals surface area contributed by atoms with Gasteiger partial charge >= 0.3 is 0 Å². The fourth-order valence-electron chi connectivity index (χ4n) is 6.25. The Kier molecular flexibility index (Phi) is 7.70. The molecule has 0 unspecified atom stereocenters. The van der Waals surface area contributed by atoms with E-state index in [1.165, 1.54) is 25.8 Å². The van der Waals surface area contributed by atoms with Crippen molar-refractivity contribution in [2.75, 3.05) is 44.7 Å². The van der Waals surface area contributed by atoms with Gasteiger partial charge in [-0.15, -0.1) is 0 Å². The number of piperazine rings is 1. The Morgan fingerprint density at radius 3 is 2.65 bits per heavy atom. The van der Waals surface area contributed by atoms with Gasteiger partial charge in [-0.1, -0.05) is 0 Å². The Morgan fingerprint density at radius 2 is 1.88 bits per heavy atom. The van der Waals surface area contributed by atoms with Crippen molar-refractivity contribution in [2.24, 2.45) is 11.8 Å². The van der Waals surface area contributed by atoms with Crippen LogP contribution in [0.3, 0.4) is 0 Å². The van der Waals surface area contributed by atoms with Crippen LogP contribution in [-0.2, 0) is 9.53 Å². The Bertz CT molecular complexity index is 931. The molecule has 5 rings (SSSR count). The lowest BCUT2D eigenvalue weighted by molar-refractivity contribution is -0.123. The van der Waals surface area contributed by atoms with Gasteiger partial charge in [0.1, 0.15) is 11.4 Å². The largest absolute Gasteiger partial charge is 0.464 e. The Hall–Kier alpha value is -2.12. The second-order valence-electron chi connectivity index (χ2n) is 10.6. The Balaban J connectivity index is 0.981. The normalized spacial score (nSPS) is 28.4. The van der Waals surface area contributed by atoms with Gasteiger partial charge in [-0.05, 0) is 81.9 Å². The average molecular weight is 469 g/mol. The van der Waals surface area contributed by atoms with Crippen LogP contribution in [0, 0.1) is 11.8 Å². The second kappa shape index (κ2) is 11.1. The molecule has 186 valence electrons. The summed E-state index contributed by atoms with van der Waals surface area (Å²) >= 11 is 0. The van der Waals surface area contributed by atoms with Gasteiger partial charge < -0.3 is 19.4 Å². The molecule has 3 aliphatic rings. The van der Waals surface area contributed by atoms with Crippen molar-refractivity contribution in [1.82, 2.24) is 15.2 Å². The number of amides is 1. The Morgan fingerprint density at radius 1 is 1.09 bits per heavy atom. The summed E-state index contributed by atoms with van der Waals surface area (Å²) in [7, 11) is 1.78. The van der Waals surface area contributed by atoms with Crippen LogP contribution in [0.25, 0.3) is 11.0 Å². The third kappa shape index (κ3) is 5.74. The number of methoxy groups -OCH3 is 1. The maximum Gasteiger partial charge on any atom is 0.220 e. The molecule has 0 bridgehead atoms. The van der Waals surface area contributed by atoms with E-state index >= 15 is 0 Å². The summed E-state index contributed by atoms with van der Waals surface area (Å²) < 4.78 is 11.0. The monoisotopic (exact) mass is 468 g/mol. The summed E-state index contributed by atoms with van der Waals surface area (Å²) in [6, 6.07) is 4.33. The zero-order valence-electron chi connectivity index (χ0n) is 20.6. The molecule has 2 saturated carbocycles. The number of rotatable bonds is 8. The summed E-state index contributed by atoms with van der Waals surface area (Å²) in [5.41, 5.74) is 0.914. The first-order valence-corrected chi connectivity index (χ1v) is 13.3. The highest BCUT2D eigenvalue weighted by Crippen LogP contribution is 2.31. The molecule has 0 spiro atoms. The third-order valence-electron chi connectivity index (χ3n) is 8.40. The predicted octanol–water partition coefficient (Wildman–Crippen LogP) is 4.22. The first-order chi connectivity index (χ1) is 16.7. The maximum atomic E-state index is 12.5. The molecule has 1 saturated heterocycles. The van der Waals surface area contributed by atoms with E-state index in [1.807, 2.05) is 18.3 Å². The second-order valence-corrected chi connectivity index (χ2v) is 10.6. The van der Waals surface area contributed by atoms with Crippen LogP contribution in [0.2, 0.25) is 0 Å². The smallest absolute Gasteiger partial charge is 0.220 e. The molecule has 34 heavy (non-hydrogen) atoms. The number of nitrogens with zero attached hydrogens (tertiary/aromatic N) is 3. The fraction of sp³-hybridized carbons (Fsp3) is 0.704. The van der Waals surface area contributed by atoms with Crippen molar-refractivity contribution in [2.45, 2.75) is 69.9 Å². The van der Waals surface area contributed by atoms with E-state index in [2.05, 4.69) is 20.1 Å². The SMILES string of the molecule is CO[C@@H]1CC[C@@H](CC(=O)NC2CCC(CCN3CCN(c4nccc5occc45)CC3)CC2)C1. The van der Waals surface area contributed by atoms with E-state index in [9.17, 15) is 4.79 Å². The van der Waals surface area contributed by atoms with Crippen molar-refractivity contribution in [3.63, 3.8) is 0 Å². The molecule has 0 radical (unpaired) electrons. The summed E-state index contributed by atoms with van der Waals surface area (Å²) in [6.45, 7) is 5.39. The zero-order valence-corrected chi connectivity index (χ0v) is 20.6. The number of anilines is 1. The van der Waals surface area contributed by atoms with Crippen molar-refractivity contribution >= 4 is 22.7 Å². The third-order valence-corrected chi connectivity index (χ3v) is 8.40. The van der Waals surface area contributed by atoms with Crippen LogP contribution in [0.15, 0.2) is 29.0 Å². The van der Waals surface area contributed by atoms with Gasteiger partial charge in [0.2, 0.25) is 5.91 Å². The topological polar surface area (TPSA) is 70.8 Å². The van der Waals surface area contributed by atoms with Gasteiger partial charge in [0.05, 0.1) is 17.8 Å². The summed E-state index contributed by atoms with van der Waals surface area (Å²) in [5.74, 6) is 2.61. The zero-order chi connectivity index (χ0) is 23.3. The molecular weight excluding hydrogens is 428 g/mol. The van der Waals surface area contributed by atoms with Crippen LogP contribution >= 0.6 is 0 Å². The van der Waals surface area contributed by atoms with E-state index in [1.54, 1.807) is 13.4 Å². The predicted molar refractivity (Wildman–Crippen MR) is 134 cm³/mol. The minimum absolute atomic E-state index is 0.253. The van der Waals surface area contributed by atoms with Gasteiger partial charge in [0.15, 0.2) is 0 Å². The van der Waals surface area contributed by atoms with Crippen LogP contribution in [0.4, 0.5) is 5.82 Å². The first kappa shape index (κ1) is 23.6. The van der Waals surface area contributed by atoms with Gasteiger partial charge in [0.25, 0.3) is 0 Å². The lowest BCUT2D eigenvalue weighted by atomic mass is 9.84. The molecule has 2 aromatic rings. The van der Waals surface area contributed by atoms with Gasteiger partial charge in [-0.2, -0.15) is 0 Å². The van der Waals surface area contributed by atoms with Gasteiger partial charge in [0, 0.05) is 51.9 Å². The maximum absolute atomic E-state index is 12.5. The van der Waals surface area contributed by atoms with Gasteiger partial charge in [-0.3, -0.25) is 9.69 Å². The molecule has 7 heteroatoms. The number of hydrogen-bond donors (Lipinski definition) is 1. The van der Waals surface area contributed by atoms with E-state index in [0.29, 0.717) is 24.5 Å². The van der Waals surface area contributed by atoms with E-state index in [0.717, 1.165) is 81.0 Å². The molecule has 1 aliphatic heterocycles. The first-order valence-electron chi connectivity index (χ1n) is 13.3. The number of carbonyl (C=O) groups is 1. The number of nitrogens with one attached hydrogen (secondary N) is 1. The molecule has 2 aromatic heterocycles. The quantitative estimate of drug-likeness (QED) is 0.626. The number of pyridine rings is 1. The standard InChI is InChI=1S/C27H40N4O3/c1-33-23-7-4-21(18-23)19-26(32)29-22-5-2-20(3-6-22)9-12-30-13-15-31(16-14-30)27-24-10-17-34-25(24)8-11-28-27/h8,10-11,17,20-23H,2-7,9,12-16,18-19H2,1H3,(H,29,32)/t20?,21-,22?,23-/m1/s1. The fourth-order valence-corrected chi connectivity index (χ4v) is 6.25. The summed E-state index contributed by atoms with van der Waals surface area (Å²) in [4.78, 5) is 22.1. The highest BCUT2D eigenvalue weighted by Gasteiger charge is 2.28. The minimum Gasteiger partial charge on any atom is -0.464 e. The number of carbonyl (C=O) groups excluding carboxylic acids is 1. The number of hydrogen-bond acceptors (Lipinski definition) is 6. The molecule has 1 N–H and O–H groups in total. The molecule has 7 nitrogen and oxygen atoms in total. The van der Waals surface area contributed by atoms with E-state index in [-0.39, 0.29) is 5.91 Å². The Labute approximate surface area is 203 Å². The van der Waals surface area contributed by atoms with E-state index in [4.69, 9.17) is 9.15 Å². The van der Waals surface area contributed by atoms with Crippen molar-refractivity contribution in [3.05, 3.63) is 24.6 Å². The van der Waals surface area contributed by atoms with Crippen molar-refractivity contribution in [1.29, 1.82) is 0 Å². The highest BCUT2D eigenvalue weighted by molar-refractivity contribution is 5.88. The average Bonchev–Trinajstić information content (AvgIpc) is 3.53. The molecular formula is C27H40N4O3. The summed E-state index contributed by atoms with van der Waals surface area (Å²) in [6.07, 6.45) is 13.9. The molecule has 1 amide bonds. The number of fused-ring (bicyclic) bond motifs is 1. The molecule has 2 aliphatic carbocycles. The lowest BCUT2D eigenvalue weighted by Crippen LogP contribution is -2.47. The van der Waals surface area contributed by atoms with Gasteiger partial charge in [-0.25, -0.2) is 4.98 Å². The number of furan rings is 1. The molecule has 3 fully saturated rings. The van der Waals surface area contributed by atoms with Crippen LogP contribution < -0.4 is 10.2 Å². The van der Waals surface area contributed by atoms with E-state index < -0.39 is 0 Å². The van der Waals surface area contributed by atoms with Crippen LogP contribution in [0.1, 0.15) is 57.8 Å². The number of aromatic nitrogens is 1. The van der Waals surface area contributed by atoms with Crippen molar-refractivity contribution < 1.29 is 13.9 Å². The minimum atomic E-state index is 0.253.